The van der Waals surface area contributed by atoms with Crippen molar-refractivity contribution in [3.63, 3.8) is 0 Å². The zero-order valence-corrected chi connectivity index (χ0v) is 14.4. The molecule has 0 aromatic heterocycles. The van der Waals surface area contributed by atoms with Crippen LogP contribution in [0.2, 0.25) is 0 Å². The number of anilines is 2. The first-order chi connectivity index (χ1) is 12.7. The van der Waals surface area contributed by atoms with Crippen LogP contribution in [-0.4, -0.2) is 25.0 Å². The lowest BCUT2D eigenvalue weighted by molar-refractivity contribution is -0.126. The minimum absolute atomic E-state index is 0.129. The molecule has 2 N–H and O–H groups in total. The number of para-hydroxylation sites is 1. The van der Waals surface area contributed by atoms with E-state index in [9.17, 15) is 9.59 Å². The number of benzene rings is 2. The SMILES string of the molecule is C=CCOc1ccc(NC(=O)CC2CN(c3ccccc3)NC2=O)cc1. The van der Waals surface area contributed by atoms with Gasteiger partial charge in [0.2, 0.25) is 11.8 Å². The molecule has 1 fully saturated rings. The highest BCUT2D eigenvalue weighted by Crippen LogP contribution is 2.21. The molecule has 1 aliphatic rings. The Kier molecular flexibility index (Phi) is 5.53. The van der Waals surface area contributed by atoms with Crippen LogP contribution in [0.25, 0.3) is 0 Å². The molecular weight excluding hydrogens is 330 g/mol. The molecule has 26 heavy (non-hydrogen) atoms. The third kappa shape index (κ3) is 4.42. The maximum absolute atomic E-state index is 12.3. The van der Waals surface area contributed by atoms with Gasteiger partial charge in [-0.25, -0.2) is 0 Å². The Morgan fingerprint density at radius 1 is 1.23 bits per heavy atom. The topological polar surface area (TPSA) is 70.7 Å². The van der Waals surface area contributed by atoms with Crippen molar-refractivity contribution in [2.45, 2.75) is 6.42 Å². The number of amides is 2. The molecule has 134 valence electrons. The van der Waals surface area contributed by atoms with Crippen molar-refractivity contribution in [1.29, 1.82) is 0 Å². The molecule has 1 atom stereocenters. The van der Waals surface area contributed by atoms with Crippen LogP contribution in [0.3, 0.4) is 0 Å². The quantitative estimate of drug-likeness (QED) is 0.753. The molecule has 0 spiro atoms. The molecule has 2 aromatic rings. The van der Waals surface area contributed by atoms with E-state index in [1.807, 2.05) is 30.3 Å². The maximum Gasteiger partial charge on any atom is 0.243 e. The number of nitrogens with zero attached hydrogens (tertiary/aromatic N) is 1. The number of carbonyl (C=O) groups is 2. The summed E-state index contributed by atoms with van der Waals surface area (Å²) >= 11 is 0. The number of rotatable bonds is 7. The zero-order valence-electron chi connectivity index (χ0n) is 14.4. The Bertz CT molecular complexity index is 775. The van der Waals surface area contributed by atoms with Gasteiger partial charge in [0.25, 0.3) is 0 Å². The van der Waals surface area contributed by atoms with E-state index in [1.165, 1.54) is 0 Å². The second-order valence-corrected chi connectivity index (χ2v) is 6.00. The third-order valence-corrected chi connectivity index (χ3v) is 4.02. The monoisotopic (exact) mass is 351 g/mol. The van der Waals surface area contributed by atoms with E-state index in [4.69, 9.17) is 4.74 Å². The predicted octanol–water partition coefficient (Wildman–Crippen LogP) is 2.75. The maximum atomic E-state index is 12.3. The van der Waals surface area contributed by atoms with E-state index in [-0.39, 0.29) is 24.2 Å². The molecule has 2 aromatic carbocycles. The molecule has 6 nitrogen and oxygen atoms in total. The number of nitrogens with one attached hydrogen (secondary N) is 2. The predicted molar refractivity (Wildman–Crippen MR) is 101 cm³/mol. The van der Waals surface area contributed by atoms with E-state index < -0.39 is 0 Å². The molecule has 1 unspecified atom stereocenters. The first kappa shape index (κ1) is 17.5. The summed E-state index contributed by atoms with van der Waals surface area (Å²) in [5.74, 6) is -0.0148. The second-order valence-electron chi connectivity index (χ2n) is 6.00. The van der Waals surface area contributed by atoms with E-state index >= 15 is 0 Å². The third-order valence-electron chi connectivity index (χ3n) is 4.02. The van der Waals surface area contributed by atoms with Gasteiger partial charge in [-0.2, -0.15) is 0 Å². The van der Waals surface area contributed by atoms with Gasteiger partial charge in [0.05, 0.1) is 18.2 Å². The van der Waals surface area contributed by atoms with Gasteiger partial charge in [0.1, 0.15) is 12.4 Å². The summed E-state index contributed by atoms with van der Waals surface area (Å²) in [6.07, 6.45) is 1.80. The lowest BCUT2D eigenvalue weighted by Gasteiger charge is -2.17. The smallest absolute Gasteiger partial charge is 0.243 e. The highest BCUT2D eigenvalue weighted by molar-refractivity contribution is 5.95. The summed E-state index contributed by atoms with van der Waals surface area (Å²) in [4.78, 5) is 24.4. The van der Waals surface area contributed by atoms with Crippen LogP contribution in [-0.2, 0) is 9.59 Å². The first-order valence-corrected chi connectivity index (χ1v) is 8.42. The summed E-state index contributed by atoms with van der Waals surface area (Å²) in [5.41, 5.74) is 4.37. The van der Waals surface area contributed by atoms with Gasteiger partial charge in [-0.3, -0.25) is 20.0 Å². The Labute approximate surface area is 152 Å². The van der Waals surface area contributed by atoms with E-state index in [0.717, 1.165) is 5.69 Å². The Morgan fingerprint density at radius 2 is 1.96 bits per heavy atom. The molecule has 0 saturated carbocycles. The van der Waals surface area contributed by atoms with Crippen molar-refractivity contribution < 1.29 is 14.3 Å². The highest BCUT2D eigenvalue weighted by Gasteiger charge is 2.32. The average molecular weight is 351 g/mol. The van der Waals surface area contributed by atoms with Gasteiger partial charge in [-0.1, -0.05) is 30.9 Å². The van der Waals surface area contributed by atoms with Gasteiger partial charge in [0, 0.05) is 12.1 Å². The van der Waals surface area contributed by atoms with Crippen LogP contribution in [0.4, 0.5) is 11.4 Å². The molecule has 1 heterocycles. The lowest BCUT2D eigenvalue weighted by atomic mass is 10.1. The summed E-state index contributed by atoms with van der Waals surface area (Å²) in [5, 5.41) is 4.58. The van der Waals surface area contributed by atoms with Crippen LogP contribution in [0.1, 0.15) is 6.42 Å². The standard InChI is InChI=1S/C20H21N3O3/c1-2-12-26-18-10-8-16(9-11-18)21-19(24)13-15-14-23(22-20(15)25)17-6-4-3-5-7-17/h2-11,15H,1,12-14H2,(H,21,24)(H,22,25). The fraction of sp³-hybridized carbons (Fsp3) is 0.200. The molecule has 6 heteroatoms. The summed E-state index contributed by atoms with van der Waals surface area (Å²) < 4.78 is 5.40. The lowest BCUT2D eigenvalue weighted by Crippen LogP contribution is -2.32. The van der Waals surface area contributed by atoms with Crippen molar-refractivity contribution >= 4 is 23.2 Å². The van der Waals surface area contributed by atoms with Crippen LogP contribution < -0.4 is 20.5 Å². The van der Waals surface area contributed by atoms with Gasteiger partial charge in [-0.05, 0) is 36.4 Å². The van der Waals surface area contributed by atoms with Crippen LogP contribution in [0.15, 0.2) is 67.3 Å². The molecule has 0 aliphatic carbocycles. The molecule has 3 rings (SSSR count). The molecule has 1 saturated heterocycles. The Balaban J connectivity index is 1.53. The Morgan fingerprint density at radius 3 is 2.65 bits per heavy atom. The van der Waals surface area contributed by atoms with Crippen LogP contribution in [0, 0.1) is 5.92 Å². The number of carbonyl (C=O) groups excluding carboxylic acids is 2. The summed E-state index contributed by atoms with van der Waals surface area (Å²) in [6, 6.07) is 16.6. The molecule has 2 amide bonds. The normalized spacial score (nSPS) is 16.1. The van der Waals surface area contributed by atoms with Crippen molar-refractivity contribution in [1.82, 2.24) is 5.43 Å². The van der Waals surface area contributed by atoms with E-state index in [0.29, 0.717) is 24.6 Å². The number of hydrazine groups is 1. The molecule has 0 radical (unpaired) electrons. The van der Waals surface area contributed by atoms with Gasteiger partial charge >= 0.3 is 0 Å². The van der Waals surface area contributed by atoms with Crippen LogP contribution in [0.5, 0.6) is 5.75 Å². The van der Waals surface area contributed by atoms with E-state index in [2.05, 4.69) is 17.3 Å². The van der Waals surface area contributed by atoms with Gasteiger partial charge in [-0.15, -0.1) is 0 Å². The van der Waals surface area contributed by atoms with Crippen molar-refractivity contribution in [2.75, 3.05) is 23.5 Å². The van der Waals surface area contributed by atoms with E-state index in [1.54, 1.807) is 35.4 Å². The number of hydrogen-bond donors (Lipinski definition) is 2. The summed E-state index contributed by atoms with van der Waals surface area (Å²) in [7, 11) is 0. The van der Waals surface area contributed by atoms with Gasteiger partial charge < -0.3 is 10.1 Å². The van der Waals surface area contributed by atoms with Crippen molar-refractivity contribution in [2.24, 2.45) is 5.92 Å². The number of hydrogen-bond acceptors (Lipinski definition) is 4. The second kappa shape index (κ2) is 8.20. The average Bonchev–Trinajstić information content (AvgIpc) is 3.02. The molecule has 1 aliphatic heterocycles. The fourth-order valence-electron chi connectivity index (χ4n) is 2.73. The van der Waals surface area contributed by atoms with Gasteiger partial charge in [0.15, 0.2) is 0 Å². The number of ether oxygens (including phenoxy) is 1. The molecule has 0 bridgehead atoms. The fourth-order valence-corrected chi connectivity index (χ4v) is 2.73. The first-order valence-electron chi connectivity index (χ1n) is 8.42. The highest BCUT2D eigenvalue weighted by atomic mass is 16.5. The zero-order chi connectivity index (χ0) is 18.4. The minimum atomic E-state index is -0.384. The van der Waals surface area contributed by atoms with Crippen LogP contribution >= 0.6 is 0 Å². The largest absolute Gasteiger partial charge is 0.490 e. The van der Waals surface area contributed by atoms with Crippen molar-refractivity contribution in [3.8, 4) is 5.75 Å². The summed E-state index contributed by atoms with van der Waals surface area (Å²) in [6.45, 7) is 4.49. The van der Waals surface area contributed by atoms with Crippen molar-refractivity contribution in [3.05, 3.63) is 67.3 Å². The Hall–Kier alpha value is -3.28. The minimum Gasteiger partial charge on any atom is -0.490 e. The molecular formula is C20H21N3O3.